The Morgan fingerprint density at radius 2 is 2.00 bits per heavy atom. The summed E-state index contributed by atoms with van der Waals surface area (Å²) in [4.78, 5) is 31.5. The fourth-order valence-electron chi connectivity index (χ4n) is 4.26. The fraction of sp³-hybridized carbons (Fsp3) is 0.435. The maximum Gasteiger partial charge on any atom is 0.271 e. The second kappa shape index (κ2) is 9.09. The van der Waals surface area contributed by atoms with Crippen LogP contribution in [0.2, 0.25) is 0 Å². The van der Waals surface area contributed by atoms with E-state index in [1.165, 1.54) is 17.8 Å². The van der Waals surface area contributed by atoms with Crippen LogP contribution in [0.25, 0.3) is 10.2 Å². The van der Waals surface area contributed by atoms with Gasteiger partial charge in [0.25, 0.3) is 11.5 Å². The third-order valence-corrected chi connectivity index (χ3v) is 7.00. The smallest absolute Gasteiger partial charge is 0.271 e. The molecule has 0 unspecified atom stereocenters. The van der Waals surface area contributed by atoms with Crippen LogP contribution in [0.5, 0.6) is 11.5 Å². The fourth-order valence-corrected chi connectivity index (χ4v) is 5.30. The average molecular weight is 442 g/mol. The zero-order valence-electron chi connectivity index (χ0n) is 18.1. The van der Waals surface area contributed by atoms with Gasteiger partial charge >= 0.3 is 0 Å². The summed E-state index contributed by atoms with van der Waals surface area (Å²) in [6.45, 7) is 2.13. The molecular formula is C23H27N3O4S. The van der Waals surface area contributed by atoms with Gasteiger partial charge in [-0.15, -0.1) is 11.3 Å². The van der Waals surface area contributed by atoms with Crippen LogP contribution in [-0.4, -0.2) is 29.7 Å². The molecule has 0 bridgehead atoms. The van der Waals surface area contributed by atoms with E-state index in [1.54, 1.807) is 31.2 Å². The number of aromatic nitrogens is 2. The summed E-state index contributed by atoms with van der Waals surface area (Å²) in [6, 6.07) is 5.65. The van der Waals surface area contributed by atoms with E-state index in [0.29, 0.717) is 27.3 Å². The molecule has 1 aromatic carbocycles. The van der Waals surface area contributed by atoms with Crippen molar-refractivity contribution in [3.05, 3.63) is 50.9 Å². The largest absolute Gasteiger partial charge is 0.497 e. The lowest BCUT2D eigenvalue weighted by atomic mass is 9.95. The van der Waals surface area contributed by atoms with E-state index < -0.39 is 0 Å². The van der Waals surface area contributed by atoms with Gasteiger partial charge in [0.15, 0.2) is 0 Å². The van der Waals surface area contributed by atoms with Crippen LogP contribution in [0.1, 0.15) is 58.9 Å². The van der Waals surface area contributed by atoms with Gasteiger partial charge in [-0.05, 0) is 38.0 Å². The monoisotopic (exact) mass is 441 g/mol. The third-order valence-electron chi connectivity index (χ3n) is 5.92. The van der Waals surface area contributed by atoms with E-state index in [0.717, 1.165) is 36.1 Å². The van der Waals surface area contributed by atoms with Crippen molar-refractivity contribution in [3.8, 4) is 11.5 Å². The number of hydrogen-bond acceptors (Lipinski definition) is 6. The maximum atomic E-state index is 13.1. The van der Waals surface area contributed by atoms with Crippen molar-refractivity contribution in [1.29, 1.82) is 0 Å². The van der Waals surface area contributed by atoms with Gasteiger partial charge in [0, 0.05) is 23.0 Å². The number of nitrogens with one attached hydrogen (secondary N) is 1. The van der Waals surface area contributed by atoms with Crippen LogP contribution in [-0.2, 0) is 6.54 Å². The minimum Gasteiger partial charge on any atom is -0.497 e. The normalized spacial score (nSPS) is 14.5. The third kappa shape index (κ3) is 4.17. The molecule has 1 saturated carbocycles. The number of fused-ring (bicyclic) bond motifs is 1. The molecule has 1 fully saturated rings. The summed E-state index contributed by atoms with van der Waals surface area (Å²) in [5.41, 5.74) is 1.71. The minimum absolute atomic E-state index is 0.0430. The summed E-state index contributed by atoms with van der Waals surface area (Å²) in [5.74, 6) is 1.10. The number of ether oxygens (including phenoxy) is 2. The quantitative estimate of drug-likeness (QED) is 0.619. The molecule has 31 heavy (non-hydrogen) atoms. The molecule has 4 rings (SSSR count). The number of hydrogen-bond donors (Lipinski definition) is 1. The van der Waals surface area contributed by atoms with Crippen LogP contribution >= 0.6 is 11.3 Å². The van der Waals surface area contributed by atoms with Crippen molar-refractivity contribution in [1.82, 2.24) is 14.9 Å². The van der Waals surface area contributed by atoms with E-state index in [-0.39, 0.29) is 24.1 Å². The Morgan fingerprint density at radius 3 is 2.71 bits per heavy atom. The number of rotatable bonds is 6. The number of carbonyl (C=O) groups excluding carboxylic acids is 1. The summed E-state index contributed by atoms with van der Waals surface area (Å²) in [6.07, 6.45) is 7.14. The predicted octanol–water partition coefficient (Wildman–Crippen LogP) is 4.22. The lowest BCUT2D eigenvalue weighted by Crippen LogP contribution is -2.27. The highest BCUT2D eigenvalue weighted by atomic mass is 32.1. The first-order valence-corrected chi connectivity index (χ1v) is 11.3. The molecule has 1 aliphatic rings. The lowest BCUT2D eigenvalue weighted by molar-refractivity contribution is 0.0952. The Hall–Kier alpha value is -2.87. The SMILES string of the molecule is COc1ccc(OC)c(CNC(=O)c2c(C)sc3c(=O)n(C4CCCCC4)cnc23)c1. The van der Waals surface area contributed by atoms with Crippen LogP contribution in [0.15, 0.2) is 29.3 Å². The molecule has 164 valence electrons. The molecule has 8 heteroatoms. The van der Waals surface area contributed by atoms with Gasteiger partial charge in [-0.3, -0.25) is 14.2 Å². The van der Waals surface area contributed by atoms with Crippen molar-refractivity contribution in [2.24, 2.45) is 0 Å². The van der Waals surface area contributed by atoms with Crippen molar-refractivity contribution in [2.45, 2.75) is 51.6 Å². The lowest BCUT2D eigenvalue weighted by Gasteiger charge is -2.23. The Kier molecular flexibility index (Phi) is 6.27. The molecule has 0 aliphatic heterocycles. The van der Waals surface area contributed by atoms with E-state index in [1.807, 2.05) is 19.1 Å². The van der Waals surface area contributed by atoms with Crippen LogP contribution in [0.4, 0.5) is 0 Å². The zero-order valence-corrected chi connectivity index (χ0v) is 18.9. The molecule has 1 aliphatic carbocycles. The van der Waals surface area contributed by atoms with Gasteiger partial charge in [0.2, 0.25) is 0 Å². The second-order valence-corrected chi connectivity index (χ2v) is 9.05. The van der Waals surface area contributed by atoms with Gasteiger partial charge in [-0.25, -0.2) is 4.98 Å². The number of methoxy groups -OCH3 is 2. The minimum atomic E-state index is -0.254. The number of amides is 1. The number of nitrogens with zero attached hydrogens (tertiary/aromatic N) is 2. The molecule has 1 amide bonds. The van der Waals surface area contributed by atoms with Gasteiger partial charge in [0.1, 0.15) is 21.7 Å². The summed E-state index contributed by atoms with van der Waals surface area (Å²) in [7, 11) is 3.18. The Balaban J connectivity index is 1.61. The van der Waals surface area contributed by atoms with Crippen molar-refractivity contribution >= 4 is 27.5 Å². The van der Waals surface area contributed by atoms with Gasteiger partial charge < -0.3 is 14.8 Å². The van der Waals surface area contributed by atoms with E-state index >= 15 is 0 Å². The summed E-state index contributed by atoms with van der Waals surface area (Å²) >= 11 is 1.35. The molecule has 0 radical (unpaired) electrons. The topological polar surface area (TPSA) is 82.5 Å². The number of carbonyl (C=O) groups is 1. The number of thiophene rings is 1. The Bertz CT molecular complexity index is 1160. The van der Waals surface area contributed by atoms with E-state index in [9.17, 15) is 9.59 Å². The molecule has 2 aromatic heterocycles. The molecular weight excluding hydrogens is 414 g/mol. The molecule has 0 spiro atoms. The van der Waals surface area contributed by atoms with Crippen molar-refractivity contribution in [3.63, 3.8) is 0 Å². The van der Waals surface area contributed by atoms with Crippen LogP contribution in [0.3, 0.4) is 0 Å². The van der Waals surface area contributed by atoms with Crippen LogP contribution in [0, 0.1) is 6.92 Å². The van der Waals surface area contributed by atoms with E-state index in [2.05, 4.69) is 10.3 Å². The highest BCUT2D eigenvalue weighted by molar-refractivity contribution is 7.19. The average Bonchev–Trinajstić information content (AvgIpc) is 3.15. The molecule has 2 heterocycles. The molecule has 7 nitrogen and oxygen atoms in total. The second-order valence-electron chi connectivity index (χ2n) is 7.82. The first-order valence-electron chi connectivity index (χ1n) is 10.5. The Labute approximate surface area is 185 Å². The first-order chi connectivity index (χ1) is 15.0. The van der Waals surface area contributed by atoms with Crippen molar-refractivity contribution in [2.75, 3.05) is 14.2 Å². The molecule has 1 N–H and O–H groups in total. The maximum absolute atomic E-state index is 13.1. The van der Waals surface area contributed by atoms with Gasteiger partial charge in [0.05, 0.1) is 26.1 Å². The summed E-state index contributed by atoms with van der Waals surface area (Å²) < 4.78 is 13.0. The number of benzene rings is 1. The molecule has 3 aromatic rings. The molecule has 0 atom stereocenters. The van der Waals surface area contributed by atoms with E-state index in [4.69, 9.17) is 9.47 Å². The van der Waals surface area contributed by atoms with Crippen molar-refractivity contribution < 1.29 is 14.3 Å². The summed E-state index contributed by atoms with van der Waals surface area (Å²) in [5, 5.41) is 2.94. The highest BCUT2D eigenvalue weighted by Crippen LogP contribution is 2.30. The zero-order chi connectivity index (χ0) is 22.0. The highest BCUT2D eigenvalue weighted by Gasteiger charge is 2.23. The predicted molar refractivity (Wildman–Crippen MR) is 121 cm³/mol. The molecule has 0 saturated heterocycles. The van der Waals surface area contributed by atoms with Gasteiger partial charge in [-0.1, -0.05) is 19.3 Å². The first kappa shape index (κ1) is 21.4. The van der Waals surface area contributed by atoms with Crippen LogP contribution < -0.4 is 20.3 Å². The van der Waals surface area contributed by atoms with Gasteiger partial charge in [-0.2, -0.15) is 0 Å². The Morgan fingerprint density at radius 1 is 1.23 bits per heavy atom. The standard InChI is InChI=1S/C23H27N3O4S/c1-14-19(22(27)24-12-15-11-17(29-2)9-10-18(15)30-3)20-21(31-14)23(28)26(13-25-20)16-7-5-4-6-8-16/h9-11,13,16H,4-8,12H2,1-3H3,(H,24,27). The number of aryl methyl sites for hydroxylation is 1.